The normalized spacial score (nSPS) is 50.8. The van der Waals surface area contributed by atoms with Gasteiger partial charge in [-0.3, -0.25) is 4.79 Å². The molecule has 4 nitrogen and oxygen atoms in total. The first kappa shape index (κ1) is 21.1. The van der Waals surface area contributed by atoms with Crippen molar-refractivity contribution in [1.29, 1.82) is 0 Å². The van der Waals surface area contributed by atoms with Gasteiger partial charge in [0.15, 0.2) is 0 Å². The van der Waals surface area contributed by atoms with Gasteiger partial charge in [-0.05, 0) is 86.3 Å². The number of nitrogens with two attached hydrogens (primary N) is 1. The molecule has 5 heteroatoms. The molecule has 4 N–H and O–H groups in total. The van der Waals surface area contributed by atoms with E-state index < -0.39 is 6.10 Å². The number of carbonyl (C=O) groups is 1. The van der Waals surface area contributed by atoms with E-state index in [1.54, 1.807) is 0 Å². The Bertz CT molecular complexity index is 600. The van der Waals surface area contributed by atoms with Crippen molar-refractivity contribution in [2.75, 3.05) is 18.9 Å². The summed E-state index contributed by atoms with van der Waals surface area (Å²) >= 11 is 2.05. The Morgan fingerprint density at radius 3 is 2.64 bits per heavy atom. The summed E-state index contributed by atoms with van der Waals surface area (Å²) in [6, 6.07) is 0. The van der Waals surface area contributed by atoms with Crippen molar-refractivity contribution in [3.63, 3.8) is 0 Å². The van der Waals surface area contributed by atoms with E-state index in [9.17, 15) is 15.0 Å². The highest BCUT2D eigenvalue weighted by Crippen LogP contribution is 2.67. The molecule has 4 rings (SSSR count). The van der Waals surface area contributed by atoms with Crippen LogP contribution < -0.4 is 5.73 Å². The highest BCUT2D eigenvalue weighted by atomic mass is 32.2. The van der Waals surface area contributed by atoms with Crippen molar-refractivity contribution in [1.82, 2.24) is 0 Å². The van der Waals surface area contributed by atoms with Gasteiger partial charge >= 0.3 is 0 Å². The molecule has 4 aliphatic carbocycles. The van der Waals surface area contributed by atoms with E-state index in [1.165, 1.54) is 12.8 Å². The number of fused-ring (bicyclic) bond motifs is 5. The quantitative estimate of drug-likeness (QED) is 0.607. The molecule has 0 heterocycles. The second-order valence-corrected chi connectivity index (χ2v) is 12.0. The van der Waals surface area contributed by atoms with Crippen LogP contribution in [0.1, 0.15) is 65.2 Å². The zero-order valence-electron chi connectivity index (χ0n) is 17.6. The monoisotopic (exact) mass is 409 g/mol. The maximum atomic E-state index is 12.7. The third-order valence-corrected chi connectivity index (χ3v) is 10.9. The number of aliphatic hydroxyl groups excluding tert-OH is 2. The van der Waals surface area contributed by atoms with Crippen LogP contribution in [0, 0.1) is 40.4 Å². The summed E-state index contributed by atoms with van der Waals surface area (Å²) in [4.78, 5) is 12.7. The Hall–Kier alpha value is -0.100. The van der Waals surface area contributed by atoms with Crippen molar-refractivity contribution >= 4 is 17.5 Å². The highest BCUT2D eigenvalue weighted by Gasteiger charge is 2.64. The minimum absolute atomic E-state index is 0.0396. The SMILES string of the molecule is C[C@]12CC[C@@H](SCCCN)CC1[C@@H](CO)[C@@H](O)[C@@H]1[C@@H]2CC[C@]2(C)C(=O)CC[C@@H]12. The van der Waals surface area contributed by atoms with Crippen molar-refractivity contribution in [2.24, 2.45) is 46.2 Å². The molecule has 0 bridgehead atoms. The lowest BCUT2D eigenvalue weighted by Gasteiger charge is -2.64. The van der Waals surface area contributed by atoms with Gasteiger partial charge in [-0.1, -0.05) is 13.8 Å². The third kappa shape index (κ3) is 3.11. The minimum Gasteiger partial charge on any atom is -0.396 e. The van der Waals surface area contributed by atoms with Crippen LogP contribution in [0.4, 0.5) is 0 Å². The van der Waals surface area contributed by atoms with Crippen LogP contribution in [0.25, 0.3) is 0 Å². The molecule has 4 saturated carbocycles. The average Bonchev–Trinajstić information content (AvgIpc) is 2.98. The standard InChI is InChI=1S/C23H39NO3S/c1-22-8-6-14(28-11-3-10-24)12-18(22)15(13-25)21(27)20-16-4-5-19(26)23(16,2)9-7-17(20)22/h14-18,20-21,25,27H,3-13,24H2,1-2H3/t14-,15-,16+,17+,18?,20+,21-,22-,23+/m1/s1. The van der Waals surface area contributed by atoms with Crippen LogP contribution in [0.15, 0.2) is 0 Å². The number of ketones is 1. The number of hydrogen-bond acceptors (Lipinski definition) is 5. The Morgan fingerprint density at radius 2 is 1.93 bits per heavy atom. The van der Waals surface area contributed by atoms with Crippen LogP contribution in [0.3, 0.4) is 0 Å². The van der Waals surface area contributed by atoms with E-state index in [1.807, 2.05) is 11.8 Å². The first-order valence-electron chi connectivity index (χ1n) is 11.5. The molecule has 0 radical (unpaired) electrons. The van der Waals surface area contributed by atoms with Gasteiger partial charge in [0.2, 0.25) is 0 Å². The first-order valence-corrected chi connectivity index (χ1v) is 12.6. The molecular weight excluding hydrogens is 370 g/mol. The fourth-order valence-electron chi connectivity index (χ4n) is 7.91. The molecule has 0 aromatic rings. The molecule has 0 aromatic carbocycles. The fourth-order valence-corrected chi connectivity index (χ4v) is 9.20. The molecule has 0 amide bonds. The maximum Gasteiger partial charge on any atom is 0.139 e. The number of hydrogen-bond donors (Lipinski definition) is 3. The van der Waals surface area contributed by atoms with E-state index in [4.69, 9.17) is 5.73 Å². The Morgan fingerprint density at radius 1 is 1.14 bits per heavy atom. The predicted octanol–water partition coefficient (Wildman–Crippen LogP) is 3.24. The lowest BCUT2D eigenvalue weighted by molar-refractivity contribution is -0.195. The second-order valence-electron chi connectivity index (χ2n) is 10.6. The largest absolute Gasteiger partial charge is 0.396 e. The van der Waals surface area contributed by atoms with Crippen LogP contribution in [0.2, 0.25) is 0 Å². The molecule has 0 spiro atoms. The van der Waals surface area contributed by atoms with Crippen molar-refractivity contribution < 1.29 is 15.0 Å². The van der Waals surface area contributed by atoms with Crippen LogP contribution >= 0.6 is 11.8 Å². The van der Waals surface area contributed by atoms with Gasteiger partial charge in [0.25, 0.3) is 0 Å². The van der Waals surface area contributed by atoms with E-state index in [0.29, 0.717) is 35.2 Å². The van der Waals surface area contributed by atoms with Gasteiger partial charge in [-0.25, -0.2) is 0 Å². The zero-order valence-corrected chi connectivity index (χ0v) is 18.4. The van der Waals surface area contributed by atoms with Crippen LogP contribution in [-0.2, 0) is 4.79 Å². The average molecular weight is 410 g/mol. The Balaban J connectivity index is 1.60. The van der Waals surface area contributed by atoms with Gasteiger partial charge in [0.05, 0.1) is 6.10 Å². The molecular formula is C23H39NO3S. The van der Waals surface area contributed by atoms with Gasteiger partial charge in [0, 0.05) is 29.6 Å². The smallest absolute Gasteiger partial charge is 0.139 e. The molecule has 0 saturated heterocycles. The Kier molecular flexibility index (Phi) is 5.94. The molecule has 4 aliphatic rings. The molecule has 28 heavy (non-hydrogen) atoms. The van der Waals surface area contributed by atoms with E-state index >= 15 is 0 Å². The number of thioether (sulfide) groups is 1. The highest BCUT2D eigenvalue weighted by molar-refractivity contribution is 7.99. The van der Waals surface area contributed by atoms with E-state index in [-0.39, 0.29) is 29.3 Å². The molecule has 0 aromatic heterocycles. The first-order chi connectivity index (χ1) is 13.4. The van der Waals surface area contributed by atoms with Crippen LogP contribution in [-0.4, -0.2) is 46.3 Å². The lowest BCUT2D eigenvalue weighted by Crippen LogP contribution is -2.62. The summed E-state index contributed by atoms with van der Waals surface area (Å²) < 4.78 is 0. The van der Waals surface area contributed by atoms with Gasteiger partial charge < -0.3 is 15.9 Å². The van der Waals surface area contributed by atoms with Crippen molar-refractivity contribution in [2.45, 2.75) is 76.6 Å². The van der Waals surface area contributed by atoms with Gasteiger partial charge in [-0.2, -0.15) is 11.8 Å². The van der Waals surface area contributed by atoms with Crippen LogP contribution in [0.5, 0.6) is 0 Å². The maximum absolute atomic E-state index is 12.7. The third-order valence-electron chi connectivity index (χ3n) is 9.52. The predicted molar refractivity (Wildman–Crippen MR) is 114 cm³/mol. The lowest BCUT2D eigenvalue weighted by atomic mass is 9.42. The molecule has 4 fully saturated rings. The van der Waals surface area contributed by atoms with Crippen molar-refractivity contribution in [3.8, 4) is 0 Å². The second kappa shape index (κ2) is 7.86. The van der Waals surface area contributed by atoms with E-state index in [0.717, 1.165) is 44.4 Å². The van der Waals surface area contributed by atoms with Gasteiger partial charge in [0.1, 0.15) is 5.78 Å². The van der Waals surface area contributed by atoms with E-state index in [2.05, 4.69) is 13.8 Å². The summed E-state index contributed by atoms with van der Waals surface area (Å²) in [5, 5.41) is 22.4. The molecule has 1 unspecified atom stereocenters. The van der Waals surface area contributed by atoms with Crippen molar-refractivity contribution in [3.05, 3.63) is 0 Å². The minimum atomic E-state index is -0.462. The molecule has 160 valence electrons. The fraction of sp³-hybridized carbons (Fsp3) is 0.957. The number of rotatable bonds is 5. The topological polar surface area (TPSA) is 83.6 Å². The summed E-state index contributed by atoms with van der Waals surface area (Å²) in [6.07, 6.45) is 7.82. The zero-order chi connectivity index (χ0) is 20.1. The number of Topliss-reactive ketones (excluding diaryl/α,β-unsaturated/α-hetero) is 1. The summed E-state index contributed by atoms with van der Waals surface area (Å²) in [5.41, 5.74) is 5.62. The number of carbonyl (C=O) groups excluding carboxylic acids is 1. The summed E-state index contributed by atoms with van der Waals surface area (Å²) in [7, 11) is 0. The summed E-state index contributed by atoms with van der Waals surface area (Å²) in [5.74, 6) is 2.86. The van der Waals surface area contributed by atoms with Gasteiger partial charge in [-0.15, -0.1) is 0 Å². The molecule has 0 aliphatic heterocycles. The summed E-state index contributed by atoms with van der Waals surface area (Å²) in [6.45, 7) is 5.43. The number of aliphatic hydroxyl groups is 2. The molecule has 9 atom stereocenters. The Labute approximate surface area is 174 Å².